The summed E-state index contributed by atoms with van der Waals surface area (Å²) in [7, 11) is 1.65. The lowest BCUT2D eigenvalue weighted by molar-refractivity contribution is 0.171. The lowest BCUT2D eigenvalue weighted by Gasteiger charge is -2.19. The van der Waals surface area contributed by atoms with Gasteiger partial charge in [-0.05, 0) is 48.5 Å². The molecule has 29 heavy (non-hydrogen) atoms. The quantitative estimate of drug-likeness (QED) is 0.543. The van der Waals surface area contributed by atoms with Crippen molar-refractivity contribution < 1.29 is 14.2 Å². The highest BCUT2D eigenvalue weighted by Crippen LogP contribution is 2.35. The van der Waals surface area contributed by atoms with Gasteiger partial charge in [0.2, 0.25) is 0 Å². The third kappa shape index (κ3) is 3.40. The Morgan fingerprint density at radius 1 is 0.862 bits per heavy atom. The summed E-state index contributed by atoms with van der Waals surface area (Å²) in [4.78, 5) is 9.54. The van der Waals surface area contributed by atoms with Crippen LogP contribution in [-0.2, 0) is 0 Å². The summed E-state index contributed by atoms with van der Waals surface area (Å²) in [5.41, 5.74) is 2.66. The van der Waals surface area contributed by atoms with Crippen LogP contribution in [0.3, 0.4) is 0 Å². The number of para-hydroxylation sites is 1. The molecular formula is C23H19N3O3. The molecule has 3 aromatic carbocycles. The van der Waals surface area contributed by atoms with Gasteiger partial charge >= 0.3 is 0 Å². The first-order valence-electron chi connectivity index (χ1n) is 9.38. The molecule has 1 aliphatic heterocycles. The maximum Gasteiger partial charge on any atom is 0.163 e. The highest BCUT2D eigenvalue weighted by atomic mass is 16.6. The molecule has 0 radical (unpaired) electrons. The molecule has 6 heteroatoms. The topological polar surface area (TPSA) is 65.5 Å². The summed E-state index contributed by atoms with van der Waals surface area (Å²) in [6.45, 7) is 1.12. The number of fused-ring (bicyclic) bond motifs is 2. The van der Waals surface area contributed by atoms with Gasteiger partial charge in [-0.1, -0.05) is 12.1 Å². The molecule has 0 fully saturated rings. The van der Waals surface area contributed by atoms with Crippen LogP contribution in [0.2, 0.25) is 0 Å². The van der Waals surface area contributed by atoms with Crippen molar-refractivity contribution >= 4 is 22.4 Å². The van der Waals surface area contributed by atoms with Crippen LogP contribution in [0.4, 0.5) is 11.5 Å². The van der Waals surface area contributed by atoms with Gasteiger partial charge in [-0.15, -0.1) is 0 Å². The fourth-order valence-corrected chi connectivity index (χ4v) is 3.30. The molecule has 4 aromatic rings. The Bertz CT molecular complexity index is 1180. The minimum Gasteiger partial charge on any atom is -0.497 e. The van der Waals surface area contributed by atoms with Crippen LogP contribution >= 0.6 is 0 Å². The molecule has 0 atom stereocenters. The third-order valence-electron chi connectivity index (χ3n) is 4.76. The van der Waals surface area contributed by atoms with Crippen LogP contribution in [-0.4, -0.2) is 30.3 Å². The molecule has 0 saturated heterocycles. The van der Waals surface area contributed by atoms with Crippen molar-refractivity contribution in [3.8, 4) is 28.6 Å². The number of anilines is 2. The number of benzene rings is 3. The van der Waals surface area contributed by atoms with Crippen molar-refractivity contribution in [1.82, 2.24) is 9.97 Å². The molecule has 2 heterocycles. The van der Waals surface area contributed by atoms with Crippen molar-refractivity contribution in [3.05, 3.63) is 66.7 Å². The standard InChI is InChI=1S/C23H19N3O3/c1-27-17-9-6-15(7-10-17)22-25-19-5-3-2-4-18(19)23(26-22)24-16-8-11-20-21(14-16)29-13-12-28-20/h2-11,14H,12-13H2,1H3,(H,24,25,26). The number of nitrogens with one attached hydrogen (secondary N) is 1. The normalized spacial score (nSPS) is 12.6. The van der Waals surface area contributed by atoms with E-state index in [1.165, 1.54) is 0 Å². The Kier molecular flexibility index (Phi) is 4.37. The van der Waals surface area contributed by atoms with Crippen molar-refractivity contribution in [1.29, 1.82) is 0 Å². The second-order valence-electron chi connectivity index (χ2n) is 6.62. The third-order valence-corrected chi connectivity index (χ3v) is 4.76. The molecule has 0 aliphatic carbocycles. The zero-order chi connectivity index (χ0) is 19.6. The minimum atomic E-state index is 0.550. The van der Waals surface area contributed by atoms with E-state index in [0.717, 1.165) is 45.2 Å². The van der Waals surface area contributed by atoms with Crippen LogP contribution in [0.25, 0.3) is 22.3 Å². The SMILES string of the molecule is COc1ccc(-c2nc(Nc3ccc4c(c3)OCCO4)c3ccccc3n2)cc1. The Morgan fingerprint density at radius 3 is 2.48 bits per heavy atom. The number of hydrogen-bond donors (Lipinski definition) is 1. The van der Waals surface area contributed by atoms with Gasteiger partial charge in [-0.2, -0.15) is 0 Å². The van der Waals surface area contributed by atoms with E-state index in [1.54, 1.807) is 7.11 Å². The monoisotopic (exact) mass is 385 g/mol. The Hall–Kier alpha value is -3.80. The summed E-state index contributed by atoms with van der Waals surface area (Å²) in [6, 6.07) is 21.5. The minimum absolute atomic E-state index is 0.550. The van der Waals surface area contributed by atoms with Crippen molar-refractivity contribution in [2.75, 3.05) is 25.6 Å². The molecule has 1 aliphatic rings. The number of aromatic nitrogens is 2. The van der Waals surface area contributed by atoms with E-state index < -0.39 is 0 Å². The number of ether oxygens (including phenoxy) is 3. The number of methoxy groups -OCH3 is 1. The summed E-state index contributed by atoms with van der Waals surface area (Å²) in [5.74, 6) is 3.66. The average Bonchev–Trinajstić information content (AvgIpc) is 2.79. The fraction of sp³-hybridized carbons (Fsp3) is 0.130. The Labute approximate surface area is 168 Å². The van der Waals surface area contributed by atoms with Crippen molar-refractivity contribution in [2.45, 2.75) is 0 Å². The van der Waals surface area contributed by atoms with E-state index in [1.807, 2.05) is 66.7 Å². The zero-order valence-electron chi connectivity index (χ0n) is 15.9. The van der Waals surface area contributed by atoms with Gasteiger partial charge in [-0.25, -0.2) is 9.97 Å². The van der Waals surface area contributed by atoms with Gasteiger partial charge < -0.3 is 19.5 Å². The molecule has 0 bridgehead atoms. The molecular weight excluding hydrogens is 366 g/mol. The second kappa shape index (κ2) is 7.31. The van der Waals surface area contributed by atoms with Crippen molar-refractivity contribution in [2.24, 2.45) is 0 Å². The molecule has 5 rings (SSSR count). The first-order valence-corrected chi connectivity index (χ1v) is 9.38. The molecule has 144 valence electrons. The van der Waals surface area contributed by atoms with Gasteiger partial charge in [0.15, 0.2) is 17.3 Å². The molecule has 1 aromatic heterocycles. The van der Waals surface area contributed by atoms with E-state index in [-0.39, 0.29) is 0 Å². The number of hydrogen-bond acceptors (Lipinski definition) is 6. The second-order valence-corrected chi connectivity index (χ2v) is 6.62. The summed E-state index contributed by atoms with van der Waals surface area (Å²) in [6.07, 6.45) is 0. The largest absolute Gasteiger partial charge is 0.497 e. The first-order chi connectivity index (χ1) is 14.3. The van der Waals surface area contributed by atoms with Crippen LogP contribution in [0.1, 0.15) is 0 Å². The highest BCUT2D eigenvalue weighted by Gasteiger charge is 2.14. The van der Waals surface area contributed by atoms with E-state index in [0.29, 0.717) is 19.0 Å². The molecule has 0 saturated carbocycles. The molecule has 0 amide bonds. The smallest absolute Gasteiger partial charge is 0.163 e. The van der Waals surface area contributed by atoms with E-state index >= 15 is 0 Å². The van der Waals surface area contributed by atoms with Crippen LogP contribution in [0.15, 0.2) is 66.7 Å². The predicted octanol–water partition coefficient (Wildman–Crippen LogP) is 4.82. The summed E-state index contributed by atoms with van der Waals surface area (Å²) < 4.78 is 16.5. The highest BCUT2D eigenvalue weighted by molar-refractivity contribution is 5.92. The first kappa shape index (κ1) is 17.3. The Balaban J connectivity index is 1.57. The van der Waals surface area contributed by atoms with Gasteiger partial charge in [0.1, 0.15) is 24.8 Å². The maximum atomic E-state index is 5.69. The molecule has 6 nitrogen and oxygen atoms in total. The van der Waals surface area contributed by atoms with E-state index in [2.05, 4.69) is 5.32 Å². The molecule has 1 N–H and O–H groups in total. The van der Waals surface area contributed by atoms with Gasteiger partial charge in [0, 0.05) is 22.7 Å². The predicted molar refractivity (Wildman–Crippen MR) is 112 cm³/mol. The van der Waals surface area contributed by atoms with Crippen LogP contribution < -0.4 is 19.5 Å². The van der Waals surface area contributed by atoms with Gasteiger partial charge in [0.05, 0.1) is 12.6 Å². The fourth-order valence-electron chi connectivity index (χ4n) is 3.30. The number of nitrogens with zero attached hydrogens (tertiary/aromatic N) is 2. The molecule has 0 spiro atoms. The lowest BCUT2D eigenvalue weighted by Crippen LogP contribution is -2.15. The van der Waals surface area contributed by atoms with Crippen LogP contribution in [0, 0.1) is 0 Å². The maximum absolute atomic E-state index is 5.69. The number of rotatable bonds is 4. The van der Waals surface area contributed by atoms with Gasteiger partial charge in [0.25, 0.3) is 0 Å². The van der Waals surface area contributed by atoms with Crippen LogP contribution in [0.5, 0.6) is 17.2 Å². The summed E-state index contributed by atoms with van der Waals surface area (Å²) in [5, 5.41) is 4.36. The average molecular weight is 385 g/mol. The summed E-state index contributed by atoms with van der Waals surface area (Å²) >= 11 is 0. The Morgan fingerprint density at radius 2 is 1.66 bits per heavy atom. The zero-order valence-corrected chi connectivity index (χ0v) is 15.9. The lowest BCUT2D eigenvalue weighted by atomic mass is 10.1. The molecule has 0 unspecified atom stereocenters. The van der Waals surface area contributed by atoms with E-state index in [4.69, 9.17) is 24.2 Å². The van der Waals surface area contributed by atoms with Gasteiger partial charge in [-0.3, -0.25) is 0 Å². The van der Waals surface area contributed by atoms with Crippen molar-refractivity contribution in [3.63, 3.8) is 0 Å². The van der Waals surface area contributed by atoms with E-state index in [9.17, 15) is 0 Å².